The first-order valence-electron chi connectivity index (χ1n) is 5.57. The molecule has 0 aromatic carbocycles. The first-order chi connectivity index (χ1) is 7.56. The van der Waals surface area contributed by atoms with Crippen molar-refractivity contribution in [1.82, 2.24) is 5.32 Å². The molecule has 0 aliphatic heterocycles. The standard InChI is InChI=1S/C12H20N2OS/c1-8(2)10(6-13)12(15)14-7-11-9(3)4-5-16-11/h4-5,8,10H,6-7,13H2,1-3H3,(H,14,15). The molecular weight excluding hydrogens is 220 g/mol. The van der Waals surface area contributed by atoms with Gasteiger partial charge in [-0.3, -0.25) is 4.79 Å². The third-order valence-corrected chi connectivity index (χ3v) is 3.81. The molecule has 0 saturated heterocycles. The number of hydrogen-bond donors (Lipinski definition) is 2. The third-order valence-electron chi connectivity index (χ3n) is 2.79. The molecule has 0 fully saturated rings. The zero-order chi connectivity index (χ0) is 12.1. The van der Waals surface area contributed by atoms with E-state index in [2.05, 4.69) is 18.3 Å². The summed E-state index contributed by atoms with van der Waals surface area (Å²) < 4.78 is 0. The van der Waals surface area contributed by atoms with Crippen LogP contribution in [0.2, 0.25) is 0 Å². The van der Waals surface area contributed by atoms with Crippen LogP contribution in [0.5, 0.6) is 0 Å². The van der Waals surface area contributed by atoms with Crippen molar-refractivity contribution in [3.05, 3.63) is 21.9 Å². The molecule has 1 aromatic heterocycles. The number of aryl methyl sites for hydroxylation is 1. The van der Waals surface area contributed by atoms with E-state index in [-0.39, 0.29) is 17.7 Å². The van der Waals surface area contributed by atoms with Crippen LogP contribution in [0, 0.1) is 18.8 Å². The number of hydrogen-bond acceptors (Lipinski definition) is 3. The van der Waals surface area contributed by atoms with E-state index in [0.29, 0.717) is 13.1 Å². The fourth-order valence-electron chi connectivity index (χ4n) is 1.57. The predicted molar refractivity (Wildman–Crippen MR) is 68.3 cm³/mol. The highest BCUT2D eigenvalue weighted by atomic mass is 32.1. The molecule has 0 aliphatic rings. The maximum Gasteiger partial charge on any atom is 0.224 e. The van der Waals surface area contributed by atoms with E-state index in [1.807, 2.05) is 19.2 Å². The zero-order valence-electron chi connectivity index (χ0n) is 10.1. The van der Waals surface area contributed by atoms with Crippen molar-refractivity contribution in [3.63, 3.8) is 0 Å². The molecule has 0 spiro atoms. The van der Waals surface area contributed by atoms with Crippen LogP contribution in [0.25, 0.3) is 0 Å². The Balaban J connectivity index is 2.49. The van der Waals surface area contributed by atoms with Crippen molar-refractivity contribution in [2.45, 2.75) is 27.3 Å². The number of amides is 1. The summed E-state index contributed by atoms with van der Waals surface area (Å²) in [7, 11) is 0. The van der Waals surface area contributed by atoms with Gasteiger partial charge in [0, 0.05) is 11.4 Å². The van der Waals surface area contributed by atoms with Gasteiger partial charge in [0.15, 0.2) is 0 Å². The summed E-state index contributed by atoms with van der Waals surface area (Å²) in [6.07, 6.45) is 0. The van der Waals surface area contributed by atoms with Gasteiger partial charge in [0.25, 0.3) is 0 Å². The Bertz CT molecular complexity index is 347. The number of carbonyl (C=O) groups is 1. The van der Waals surface area contributed by atoms with Crippen LogP contribution >= 0.6 is 11.3 Å². The molecule has 0 saturated carbocycles. The fraction of sp³-hybridized carbons (Fsp3) is 0.583. The monoisotopic (exact) mass is 240 g/mol. The molecule has 4 heteroatoms. The van der Waals surface area contributed by atoms with Crippen molar-refractivity contribution in [3.8, 4) is 0 Å². The minimum atomic E-state index is -0.0831. The van der Waals surface area contributed by atoms with Gasteiger partial charge in [0.05, 0.1) is 12.5 Å². The summed E-state index contributed by atoms with van der Waals surface area (Å²) >= 11 is 1.67. The topological polar surface area (TPSA) is 55.1 Å². The lowest BCUT2D eigenvalue weighted by atomic mass is 9.95. The van der Waals surface area contributed by atoms with Crippen LogP contribution in [0.1, 0.15) is 24.3 Å². The highest BCUT2D eigenvalue weighted by Gasteiger charge is 2.20. The number of nitrogens with two attached hydrogens (primary N) is 1. The summed E-state index contributed by atoms with van der Waals surface area (Å²) in [5, 5.41) is 4.99. The zero-order valence-corrected chi connectivity index (χ0v) is 10.9. The van der Waals surface area contributed by atoms with Gasteiger partial charge >= 0.3 is 0 Å². The highest BCUT2D eigenvalue weighted by Crippen LogP contribution is 2.15. The first-order valence-corrected chi connectivity index (χ1v) is 6.45. The average Bonchev–Trinajstić information content (AvgIpc) is 2.61. The summed E-state index contributed by atoms with van der Waals surface area (Å²) in [5.74, 6) is 0.264. The average molecular weight is 240 g/mol. The molecule has 0 radical (unpaired) electrons. The molecule has 3 N–H and O–H groups in total. The molecule has 90 valence electrons. The van der Waals surface area contributed by atoms with Crippen molar-refractivity contribution in [2.75, 3.05) is 6.54 Å². The Labute approximate surface area is 101 Å². The smallest absolute Gasteiger partial charge is 0.224 e. The molecule has 0 bridgehead atoms. The Morgan fingerprint density at radius 2 is 2.25 bits per heavy atom. The second-order valence-electron chi connectivity index (χ2n) is 4.33. The molecule has 1 atom stereocenters. The fourth-order valence-corrected chi connectivity index (χ4v) is 2.41. The van der Waals surface area contributed by atoms with E-state index in [1.54, 1.807) is 11.3 Å². The lowest BCUT2D eigenvalue weighted by Crippen LogP contribution is -2.37. The molecule has 1 heterocycles. The van der Waals surface area contributed by atoms with Crippen molar-refractivity contribution in [2.24, 2.45) is 17.6 Å². The van der Waals surface area contributed by atoms with Crippen LogP contribution in [0.15, 0.2) is 11.4 Å². The van der Waals surface area contributed by atoms with E-state index in [1.165, 1.54) is 10.4 Å². The van der Waals surface area contributed by atoms with Crippen LogP contribution in [0.3, 0.4) is 0 Å². The normalized spacial score (nSPS) is 12.8. The first kappa shape index (κ1) is 13.2. The molecule has 1 rings (SSSR count). The van der Waals surface area contributed by atoms with Gasteiger partial charge in [0.1, 0.15) is 0 Å². The van der Waals surface area contributed by atoms with E-state index < -0.39 is 0 Å². The quantitative estimate of drug-likeness (QED) is 0.826. The second-order valence-corrected chi connectivity index (χ2v) is 5.33. The predicted octanol–water partition coefficient (Wildman–Crippen LogP) is 1.90. The van der Waals surface area contributed by atoms with Crippen molar-refractivity contribution >= 4 is 17.2 Å². The summed E-state index contributed by atoms with van der Waals surface area (Å²) in [4.78, 5) is 13.1. The Kier molecular flexibility index (Phi) is 4.96. The number of carbonyl (C=O) groups excluding carboxylic acids is 1. The van der Waals surface area contributed by atoms with Gasteiger partial charge in [-0.1, -0.05) is 13.8 Å². The van der Waals surface area contributed by atoms with Crippen LogP contribution in [-0.2, 0) is 11.3 Å². The van der Waals surface area contributed by atoms with Crippen molar-refractivity contribution in [1.29, 1.82) is 0 Å². The minimum absolute atomic E-state index is 0.0605. The van der Waals surface area contributed by atoms with E-state index in [4.69, 9.17) is 5.73 Å². The van der Waals surface area contributed by atoms with E-state index in [0.717, 1.165) is 0 Å². The van der Waals surface area contributed by atoms with Gasteiger partial charge in [-0.2, -0.15) is 0 Å². The van der Waals surface area contributed by atoms with Gasteiger partial charge in [-0.25, -0.2) is 0 Å². The molecular formula is C12H20N2OS. The molecule has 1 unspecified atom stereocenters. The van der Waals surface area contributed by atoms with Gasteiger partial charge in [-0.15, -0.1) is 11.3 Å². The van der Waals surface area contributed by atoms with E-state index in [9.17, 15) is 4.79 Å². The van der Waals surface area contributed by atoms with Crippen LogP contribution < -0.4 is 11.1 Å². The lowest BCUT2D eigenvalue weighted by molar-refractivity contribution is -0.126. The molecule has 1 amide bonds. The SMILES string of the molecule is Cc1ccsc1CNC(=O)C(CN)C(C)C. The Morgan fingerprint density at radius 1 is 1.56 bits per heavy atom. The highest BCUT2D eigenvalue weighted by molar-refractivity contribution is 7.10. The summed E-state index contributed by atoms with van der Waals surface area (Å²) in [6, 6.07) is 2.06. The van der Waals surface area contributed by atoms with Gasteiger partial charge in [-0.05, 0) is 29.9 Å². The summed E-state index contributed by atoms with van der Waals surface area (Å²) in [6.45, 7) is 7.13. The lowest BCUT2D eigenvalue weighted by Gasteiger charge is -2.18. The van der Waals surface area contributed by atoms with Gasteiger partial charge in [0.2, 0.25) is 5.91 Å². The maximum atomic E-state index is 11.8. The number of rotatable bonds is 5. The Hall–Kier alpha value is -0.870. The minimum Gasteiger partial charge on any atom is -0.351 e. The molecule has 3 nitrogen and oxygen atoms in total. The Morgan fingerprint density at radius 3 is 2.69 bits per heavy atom. The number of nitrogens with one attached hydrogen (secondary N) is 1. The van der Waals surface area contributed by atoms with Crippen LogP contribution in [-0.4, -0.2) is 12.5 Å². The largest absolute Gasteiger partial charge is 0.351 e. The second kappa shape index (κ2) is 6.01. The van der Waals surface area contributed by atoms with E-state index >= 15 is 0 Å². The molecule has 0 aliphatic carbocycles. The van der Waals surface area contributed by atoms with Crippen LogP contribution in [0.4, 0.5) is 0 Å². The molecule has 16 heavy (non-hydrogen) atoms. The maximum absolute atomic E-state index is 11.8. The third kappa shape index (κ3) is 3.32. The van der Waals surface area contributed by atoms with Crippen molar-refractivity contribution < 1.29 is 4.79 Å². The number of thiophene rings is 1. The molecule has 1 aromatic rings. The van der Waals surface area contributed by atoms with Gasteiger partial charge < -0.3 is 11.1 Å². The summed E-state index contributed by atoms with van der Waals surface area (Å²) in [5.41, 5.74) is 6.83.